The number of ether oxygens (including phenoxy) is 1. The van der Waals surface area contributed by atoms with Crippen LogP contribution in [0.25, 0.3) is 22.3 Å². The fourth-order valence-electron chi connectivity index (χ4n) is 4.24. The molecule has 0 heterocycles. The molecule has 0 aromatic heterocycles. The Morgan fingerprint density at radius 1 is 0.676 bits per heavy atom. The first-order valence-corrected chi connectivity index (χ1v) is 12.7. The molecule has 4 heteroatoms. The Balaban J connectivity index is 1.51. The first-order chi connectivity index (χ1) is 16.6. The molecular formula is C30H37NO3. The van der Waals surface area contributed by atoms with Crippen molar-refractivity contribution in [3.05, 3.63) is 82.4 Å². The van der Waals surface area contributed by atoms with Crippen molar-refractivity contribution in [1.82, 2.24) is 0 Å². The lowest BCUT2D eigenvalue weighted by molar-refractivity contribution is -0.385. The molecule has 3 aromatic rings. The Hall–Kier alpha value is -3.14. The molecule has 0 aliphatic rings. The van der Waals surface area contributed by atoms with Crippen molar-refractivity contribution in [3.63, 3.8) is 0 Å². The minimum absolute atomic E-state index is 0.187. The Morgan fingerprint density at radius 2 is 1.18 bits per heavy atom. The van der Waals surface area contributed by atoms with Gasteiger partial charge in [-0.15, -0.1) is 0 Å². The van der Waals surface area contributed by atoms with Crippen molar-refractivity contribution in [2.45, 2.75) is 71.6 Å². The number of hydrogen-bond acceptors (Lipinski definition) is 3. The molecule has 0 fully saturated rings. The van der Waals surface area contributed by atoms with E-state index < -0.39 is 0 Å². The van der Waals surface area contributed by atoms with E-state index in [1.54, 1.807) is 6.07 Å². The zero-order chi connectivity index (χ0) is 24.2. The van der Waals surface area contributed by atoms with Gasteiger partial charge in [-0.25, -0.2) is 0 Å². The summed E-state index contributed by atoms with van der Waals surface area (Å²) in [4.78, 5) is 11.1. The predicted molar refractivity (Wildman–Crippen MR) is 141 cm³/mol. The summed E-state index contributed by atoms with van der Waals surface area (Å²) >= 11 is 0. The third-order valence-corrected chi connectivity index (χ3v) is 6.34. The summed E-state index contributed by atoms with van der Waals surface area (Å²) in [6, 6.07) is 21.9. The Morgan fingerprint density at radius 3 is 1.74 bits per heavy atom. The average molecular weight is 460 g/mol. The van der Waals surface area contributed by atoms with Crippen LogP contribution in [0.15, 0.2) is 66.7 Å². The molecule has 0 aliphatic heterocycles. The van der Waals surface area contributed by atoms with Crippen molar-refractivity contribution in [2.24, 2.45) is 0 Å². The fourth-order valence-corrected chi connectivity index (χ4v) is 4.24. The van der Waals surface area contributed by atoms with Crippen LogP contribution in [0.5, 0.6) is 5.75 Å². The van der Waals surface area contributed by atoms with Crippen LogP contribution >= 0.6 is 0 Å². The van der Waals surface area contributed by atoms with Crippen LogP contribution < -0.4 is 4.74 Å². The molecule has 0 saturated carbocycles. The van der Waals surface area contributed by atoms with E-state index in [4.69, 9.17) is 4.74 Å². The molecule has 180 valence electrons. The van der Waals surface area contributed by atoms with E-state index in [1.807, 2.05) is 43.3 Å². The van der Waals surface area contributed by atoms with Crippen LogP contribution in [0.3, 0.4) is 0 Å². The lowest BCUT2D eigenvalue weighted by Crippen LogP contribution is -1.97. The van der Waals surface area contributed by atoms with Gasteiger partial charge in [0.05, 0.1) is 11.5 Å². The lowest BCUT2D eigenvalue weighted by Gasteiger charge is -2.09. The van der Waals surface area contributed by atoms with Crippen LogP contribution in [0, 0.1) is 10.1 Å². The number of nitrogens with zero attached hydrogens (tertiary/aromatic N) is 1. The van der Waals surface area contributed by atoms with Gasteiger partial charge >= 0.3 is 0 Å². The molecule has 0 saturated heterocycles. The second kappa shape index (κ2) is 13.5. The van der Waals surface area contributed by atoms with Gasteiger partial charge in [0.2, 0.25) is 0 Å². The number of nitro groups is 1. The highest BCUT2D eigenvalue weighted by Gasteiger charge is 2.13. The van der Waals surface area contributed by atoms with Gasteiger partial charge in [0, 0.05) is 11.6 Å². The highest BCUT2D eigenvalue weighted by atomic mass is 16.6. The van der Waals surface area contributed by atoms with E-state index in [-0.39, 0.29) is 10.6 Å². The SMILES string of the molecule is CCCCCCCCCCOc1ccc(-c2ccc(-c3ccc(CC)c([N+](=O)[O-])c3)cc2)cc1. The van der Waals surface area contributed by atoms with Gasteiger partial charge in [0.25, 0.3) is 5.69 Å². The van der Waals surface area contributed by atoms with Gasteiger partial charge in [0.15, 0.2) is 0 Å². The van der Waals surface area contributed by atoms with Gasteiger partial charge in [-0.05, 0) is 47.2 Å². The molecule has 0 spiro atoms. The number of benzene rings is 3. The Kier molecular flexibility index (Phi) is 10.1. The summed E-state index contributed by atoms with van der Waals surface area (Å²) in [5, 5.41) is 11.4. The summed E-state index contributed by atoms with van der Waals surface area (Å²) in [6.45, 7) is 4.96. The molecule has 34 heavy (non-hydrogen) atoms. The molecule has 3 aromatic carbocycles. The Labute approximate surface area is 204 Å². The summed E-state index contributed by atoms with van der Waals surface area (Å²) in [7, 11) is 0. The van der Waals surface area contributed by atoms with E-state index in [0.717, 1.165) is 46.6 Å². The molecule has 0 N–H and O–H groups in total. The summed E-state index contributed by atoms with van der Waals surface area (Å²) in [5.74, 6) is 0.909. The normalized spacial score (nSPS) is 10.9. The number of hydrogen-bond donors (Lipinski definition) is 0. The highest BCUT2D eigenvalue weighted by molar-refractivity contribution is 5.72. The number of aryl methyl sites for hydroxylation is 1. The van der Waals surface area contributed by atoms with Gasteiger partial charge < -0.3 is 4.74 Å². The summed E-state index contributed by atoms with van der Waals surface area (Å²) in [6.07, 6.45) is 11.0. The largest absolute Gasteiger partial charge is 0.494 e. The quantitative estimate of drug-likeness (QED) is 0.137. The number of nitro benzene ring substituents is 1. The Bertz CT molecular complexity index is 1030. The molecule has 0 radical (unpaired) electrons. The molecule has 0 unspecified atom stereocenters. The van der Waals surface area contributed by atoms with Crippen molar-refractivity contribution in [1.29, 1.82) is 0 Å². The molecule has 0 aliphatic carbocycles. The second-order valence-electron chi connectivity index (χ2n) is 8.88. The van der Waals surface area contributed by atoms with E-state index in [1.165, 1.54) is 44.9 Å². The van der Waals surface area contributed by atoms with Crippen molar-refractivity contribution >= 4 is 5.69 Å². The number of unbranched alkanes of at least 4 members (excludes halogenated alkanes) is 7. The smallest absolute Gasteiger partial charge is 0.273 e. The molecule has 0 amide bonds. The fraction of sp³-hybridized carbons (Fsp3) is 0.400. The van der Waals surface area contributed by atoms with E-state index in [9.17, 15) is 10.1 Å². The molecular weight excluding hydrogens is 422 g/mol. The van der Waals surface area contributed by atoms with Gasteiger partial charge in [-0.2, -0.15) is 0 Å². The average Bonchev–Trinajstić information content (AvgIpc) is 2.88. The second-order valence-corrected chi connectivity index (χ2v) is 8.88. The first kappa shape index (κ1) is 25.5. The van der Waals surface area contributed by atoms with Crippen LogP contribution in [0.1, 0.15) is 70.8 Å². The predicted octanol–water partition coefficient (Wildman–Crippen LogP) is 9.01. The van der Waals surface area contributed by atoms with Crippen LogP contribution in [0.2, 0.25) is 0 Å². The zero-order valence-corrected chi connectivity index (χ0v) is 20.6. The number of rotatable bonds is 14. The van der Waals surface area contributed by atoms with Crippen LogP contribution in [0.4, 0.5) is 5.69 Å². The lowest BCUT2D eigenvalue weighted by atomic mass is 9.98. The molecule has 0 bridgehead atoms. The zero-order valence-electron chi connectivity index (χ0n) is 20.6. The topological polar surface area (TPSA) is 52.4 Å². The maximum atomic E-state index is 11.4. The van der Waals surface area contributed by atoms with Crippen molar-refractivity contribution < 1.29 is 9.66 Å². The summed E-state index contributed by atoms with van der Waals surface area (Å²) < 4.78 is 5.91. The van der Waals surface area contributed by atoms with Crippen molar-refractivity contribution in [3.8, 4) is 28.0 Å². The summed E-state index contributed by atoms with van der Waals surface area (Å²) in [5.41, 5.74) is 5.01. The van der Waals surface area contributed by atoms with Gasteiger partial charge in [-0.3, -0.25) is 10.1 Å². The molecule has 3 rings (SSSR count). The third-order valence-electron chi connectivity index (χ3n) is 6.34. The third kappa shape index (κ3) is 7.44. The maximum Gasteiger partial charge on any atom is 0.273 e. The van der Waals surface area contributed by atoms with Gasteiger partial charge in [0.1, 0.15) is 5.75 Å². The van der Waals surface area contributed by atoms with Crippen LogP contribution in [-0.4, -0.2) is 11.5 Å². The maximum absolute atomic E-state index is 11.4. The van der Waals surface area contributed by atoms with E-state index in [2.05, 4.69) is 31.2 Å². The minimum atomic E-state index is -0.297. The van der Waals surface area contributed by atoms with Gasteiger partial charge in [-0.1, -0.05) is 107 Å². The minimum Gasteiger partial charge on any atom is -0.494 e. The molecule has 4 nitrogen and oxygen atoms in total. The van der Waals surface area contributed by atoms with Crippen LogP contribution in [-0.2, 0) is 6.42 Å². The van der Waals surface area contributed by atoms with E-state index in [0.29, 0.717) is 6.42 Å². The monoisotopic (exact) mass is 459 g/mol. The highest BCUT2D eigenvalue weighted by Crippen LogP contribution is 2.30. The standard InChI is InChI=1S/C30H37NO3/c1-3-5-6-7-8-9-10-11-22-34-29-20-18-26(19-21-29)25-13-15-27(16-14-25)28-17-12-24(4-2)30(23-28)31(32)33/h12-21,23H,3-11,22H2,1-2H3. The van der Waals surface area contributed by atoms with Crippen molar-refractivity contribution in [2.75, 3.05) is 6.61 Å². The molecule has 0 atom stereocenters. The van der Waals surface area contributed by atoms with E-state index >= 15 is 0 Å². The first-order valence-electron chi connectivity index (χ1n) is 12.7.